The summed E-state index contributed by atoms with van der Waals surface area (Å²) < 4.78 is 17.6. The number of hydrogen-bond acceptors (Lipinski definition) is 7. The zero-order valence-corrected chi connectivity index (χ0v) is 23.9. The van der Waals surface area contributed by atoms with Gasteiger partial charge in [0.15, 0.2) is 17.5 Å². The third kappa shape index (κ3) is 5.02. The van der Waals surface area contributed by atoms with Crippen LogP contribution in [0.15, 0.2) is 39.4 Å². The molecule has 8 nitrogen and oxygen atoms in total. The van der Waals surface area contributed by atoms with E-state index in [1.54, 1.807) is 0 Å². The number of rotatable bonds is 9. The average molecular weight is 557 g/mol. The Labute approximate surface area is 241 Å². The fourth-order valence-electron chi connectivity index (χ4n) is 7.51. The first-order valence-corrected chi connectivity index (χ1v) is 15.9. The van der Waals surface area contributed by atoms with E-state index in [1.807, 2.05) is 6.20 Å². The number of anilines is 1. The summed E-state index contributed by atoms with van der Waals surface area (Å²) in [5.41, 5.74) is 2.09. The van der Waals surface area contributed by atoms with Crippen molar-refractivity contribution < 1.29 is 18.5 Å². The lowest BCUT2D eigenvalue weighted by Gasteiger charge is -2.53. The molecule has 0 N–H and O–H groups in total. The molecule has 6 fully saturated rings. The Bertz CT molecular complexity index is 1390. The van der Waals surface area contributed by atoms with E-state index in [2.05, 4.69) is 39.3 Å². The molecule has 8 heteroatoms. The van der Waals surface area contributed by atoms with Crippen molar-refractivity contribution in [2.45, 2.75) is 101 Å². The number of aromatic nitrogens is 3. The lowest BCUT2D eigenvalue weighted by atomic mass is 9.53. The highest BCUT2D eigenvalue weighted by molar-refractivity contribution is 5.94. The fourth-order valence-corrected chi connectivity index (χ4v) is 7.51. The Morgan fingerprint density at radius 1 is 0.951 bits per heavy atom. The summed E-state index contributed by atoms with van der Waals surface area (Å²) in [4.78, 5) is 25.6. The van der Waals surface area contributed by atoms with Crippen LogP contribution < -0.4 is 4.90 Å². The van der Waals surface area contributed by atoms with Crippen molar-refractivity contribution in [2.75, 3.05) is 24.7 Å². The molecule has 3 heterocycles. The second-order valence-corrected chi connectivity index (χ2v) is 13.6. The maximum absolute atomic E-state index is 14.1. The number of hydrogen-bond donors (Lipinski definition) is 0. The summed E-state index contributed by atoms with van der Waals surface area (Å²) in [6, 6.07) is 8.34. The summed E-state index contributed by atoms with van der Waals surface area (Å²) in [6.45, 7) is 2.27. The minimum absolute atomic E-state index is 0.0181. The van der Waals surface area contributed by atoms with E-state index < -0.39 is 0 Å². The van der Waals surface area contributed by atoms with Crippen LogP contribution in [-0.4, -0.2) is 40.8 Å². The maximum atomic E-state index is 14.1. The second kappa shape index (κ2) is 10.1. The quantitative estimate of drug-likeness (QED) is 0.282. The predicted molar refractivity (Wildman–Crippen MR) is 153 cm³/mol. The number of nitrogens with zero attached hydrogens (tertiary/aromatic N) is 4. The maximum Gasteiger partial charge on any atom is 0.232 e. The molecule has 0 spiro atoms. The summed E-state index contributed by atoms with van der Waals surface area (Å²) in [5, 5.41) is 4.34. The Morgan fingerprint density at radius 2 is 1.71 bits per heavy atom. The van der Waals surface area contributed by atoms with Crippen LogP contribution in [0, 0.1) is 11.3 Å². The van der Waals surface area contributed by atoms with Gasteiger partial charge in [0.2, 0.25) is 11.8 Å². The number of ether oxygens (including phenoxy) is 1. The van der Waals surface area contributed by atoms with Gasteiger partial charge in [0.25, 0.3) is 0 Å². The summed E-state index contributed by atoms with van der Waals surface area (Å²) in [7, 11) is 0. The van der Waals surface area contributed by atoms with Crippen LogP contribution in [0.5, 0.6) is 0 Å². The standard InChI is InChI=1S/C33H40N4O4/c38-28(18-22-8-16-39-17-9-22)37(26-3-1-2-25(19-26)27-20-34-30(40-27)24-6-7-24)21-32-10-13-33(14-11-32,15-12-32)31-35-29(36-41-31)23-4-5-23/h1-3,19-20,22-24H,4-18,21H2. The number of amides is 1. The van der Waals surface area contributed by atoms with Gasteiger partial charge in [-0.1, -0.05) is 17.3 Å². The van der Waals surface area contributed by atoms with Crippen molar-refractivity contribution >= 4 is 11.6 Å². The molecule has 2 aromatic heterocycles. The zero-order valence-electron chi connectivity index (χ0n) is 23.9. The Hall–Kier alpha value is -3.00. The SMILES string of the molecule is O=C(CC1CCOCC1)N(CC12CCC(c3nc(C4CC4)no3)(CC1)CC2)c1cccc(-c2cnc(C3CC3)o2)c1. The van der Waals surface area contributed by atoms with E-state index >= 15 is 0 Å². The van der Waals surface area contributed by atoms with Gasteiger partial charge in [-0.05, 0) is 101 Å². The van der Waals surface area contributed by atoms with Crippen molar-refractivity contribution in [3.8, 4) is 11.3 Å². The fraction of sp³-hybridized carbons (Fsp3) is 0.636. The van der Waals surface area contributed by atoms with E-state index in [0.717, 1.165) is 119 Å². The number of fused-ring (bicyclic) bond motifs is 3. The van der Waals surface area contributed by atoms with E-state index in [-0.39, 0.29) is 16.7 Å². The smallest absolute Gasteiger partial charge is 0.232 e. The number of oxazole rings is 1. The van der Waals surface area contributed by atoms with E-state index in [4.69, 9.17) is 18.7 Å². The average Bonchev–Trinajstić information content (AvgIpc) is 3.96. The topological polar surface area (TPSA) is 94.5 Å². The molecular formula is C33H40N4O4. The first-order chi connectivity index (χ1) is 20.1. The molecule has 5 aliphatic carbocycles. The number of benzene rings is 1. The Balaban J connectivity index is 1.04. The first-order valence-electron chi connectivity index (χ1n) is 15.9. The van der Waals surface area contributed by atoms with Gasteiger partial charge in [-0.2, -0.15) is 4.98 Å². The van der Waals surface area contributed by atoms with E-state index in [9.17, 15) is 4.79 Å². The van der Waals surface area contributed by atoms with Crippen LogP contribution in [0.3, 0.4) is 0 Å². The summed E-state index contributed by atoms with van der Waals surface area (Å²) >= 11 is 0. The van der Waals surface area contributed by atoms with Gasteiger partial charge in [0.05, 0.1) is 6.20 Å². The summed E-state index contributed by atoms with van der Waals surface area (Å²) in [5.74, 6) is 5.01. The molecule has 1 amide bonds. The molecule has 9 rings (SSSR count). The highest BCUT2D eigenvalue weighted by atomic mass is 16.5. The van der Waals surface area contributed by atoms with Crippen molar-refractivity contribution in [2.24, 2.45) is 11.3 Å². The molecule has 6 aliphatic rings. The van der Waals surface area contributed by atoms with Crippen LogP contribution in [0.25, 0.3) is 11.3 Å². The molecule has 1 aliphatic heterocycles. The second-order valence-electron chi connectivity index (χ2n) is 13.6. The van der Waals surface area contributed by atoms with Crippen molar-refractivity contribution in [3.05, 3.63) is 48.1 Å². The molecule has 0 unspecified atom stereocenters. The third-order valence-corrected chi connectivity index (χ3v) is 10.7. The molecule has 216 valence electrons. The van der Waals surface area contributed by atoms with Gasteiger partial charge in [-0.15, -0.1) is 0 Å². The largest absolute Gasteiger partial charge is 0.440 e. The third-order valence-electron chi connectivity index (χ3n) is 10.7. The molecule has 5 saturated carbocycles. The van der Waals surface area contributed by atoms with Gasteiger partial charge in [-0.3, -0.25) is 4.79 Å². The van der Waals surface area contributed by atoms with Gasteiger partial charge >= 0.3 is 0 Å². The van der Waals surface area contributed by atoms with Crippen LogP contribution >= 0.6 is 0 Å². The monoisotopic (exact) mass is 556 g/mol. The van der Waals surface area contributed by atoms with Gasteiger partial charge in [-0.25, -0.2) is 4.98 Å². The van der Waals surface area contributed by atoms with E-state index in [1.165, 1.54) is 12.8 Å². The minimum atomic E-state index is 0.0181. The molecule has 3 aromatic rings. The van der Waals surface area contributed by atoms with Crippen molar-refractivity contribution in [1.82, 2.24) is 15.1 Å². The van der Waals surface area contributed by atoms with Crippen LogP contribution in [0.4, 0.5) is 5.69 Å². The highest BCUT2D eigenvalue weighted by Gasteiger charge is 2.53. The zero-order chi connectivity index (χ0) is 27.4. The first kappa shape index (κ1) is 25.7. The van der Waals surface area contributed by atoms with Crippen LogP contribution in [0.1, 0.15) is 113 Å². The highest BCUT2D eigenvalue weighted by Crippen LogP contribution is 2.58. The Morgan fingerprint density at radius 3 is 2.44 bits per heavy atom. The van der Waals surface area contributed by atoms with Crippen LogP contribution in [0.2, 0.25) is 0 Å². The lowest BCUT2D eigenvalue weighted by molar-refractivity contribution is -0.121. The van der Waals surface area contributed by atoms with Gasteiger partial charge < -0.3 is 18.6 Å². The Kier molecular flexibility index (Phi) is 6.31. The van der Waals surface area contributed by atoms with Gasteiger partial charge in [0, 0.05) is 54.7 Å². The molecule has 0 atom stereocenters. The predicted octanol–water partition coefficient (Wildman–Crippen LogP) is 6.92. The van der Waals surface area contributed by atoms with Gasteiger partial charge in [0.1, 0.15) is 0 Å². The molecule has 1 saturated heterocycles. The van der Waals surface area contributed by atoms with Crippen molar-refractivity contribution in [1.29, 1.82) is 0 Å². The molecular weight excluding hydrogens is 516 g/mol. The number of carbonyl (C=O) groups excluding carboxylic acids is 1. The normalized spacial score (nSPS) is 28.2. The van der Waals surface area contributed by atoms with E-state index in [0.29, 0.717) is 24.2 Å². The van der Waals surface area contributed by atoms with Crippen LogP contribution in [-0.2, 0) is 14.9 Å². The number of carbonyl (C=O) groups is 1. The molecule has 41 heavy (non-hydrogen) atoms. The molecule has 2 bridgehead atoms. The summed E-state index contributed by atoms with van der Waals surface area (Å²) in [6.07, 6.45) is 15.5. The molecule has 1 aromatic carbocycles. The lowest BCUT2D eigenvalue weighted by Crippen LogP contribution is -2.51. The van der Waals surface area contributed by atoms with Crippen molar-refractivity contribution in [3.63, 3.8) is 0 Å². The minimum Gasteiger partial charge on any atom is -0.440 e. The molecule has 0 radical (unpaired) electrons.